The van der Waals surface area contributed by atoms with Crippen molar-refractivity contribution in [3.05, 3.63) is 0 Å². The molecular weight excluding hydrogens is 250 g/mol. The van der Waals surface area contributed by atoms with Crippen LogP contribution in [0.15, 0.2) is 0 Å². The first-order chi connectivity index (χ1) is 8.66. The summed E-state index contributed by atoms with van der Waals surface area (Å²) in [6, 6.07) is 0. The fourth-order valence-electron chi connectivity index (χ4n) is 2.47. The van der Waals surface area contributed by atoms with Gasteiger partial charge in [0.25, 0.3) is 0 Å². The number of carboxylic acid groups (broad SMARTS) is 1. The van der Waals surface area contributed by atoms with E-state index < -0.39 is 29.0 Å². The molecule has 1 aliphatic rings. The van der Waals surface area contributed by atoms with Crippen molar-refractivity contribution in [3.63, 3.8) is 0 Å². The first-order valence-electron chi connectivity index (χ1n) is 6.48. The number of hydrogen-bond donors (Lipinski definition) is 2. The Labute approximate surface area is 113 Å². The molecule has 0 aromatic heterocycles. The predicted molar refractivity (Wildman–Crippen MR) is 68.7 cm³/mol. The average molecular weight is 273 g/mol. The Morgan fingerprint density at radius 1 is 1.42 bits per heavy atom. The Bertz CT molecular complexity index is 363. The highest BCUT2D eigenvalue weighted by molar-refractivity contribution is 5.78. The SMILES string of the molecule is CC[C@@]1(C(=O)O)CN(C(=O)OC(C)(C)C)C[C@H]1CO. The standard InChI is InChI=1S/C13H23NO5/c1-5-13(10(16)17)8-14(6-9(13)7-15)11(18)19-12(2,3)4/h9,15H,5-8H2,1-4H3,(H,16,17)/t9-,13+/m0/s1. The molecule has 6 nitrogen and oxygen atoms in total. The summed E-state index contributed by atoms with van der Waals surface area (Å²) in [6.45, 7) is 7.08. The number of aliphatic carboxylic acids is 1. The zero-order valence-electron chi connectivity index (χ0n) is 12.0. The Kier molecular flexibility index (Phi) is 4.45. The topological polar surface area (TPSA) is 87.1 Å². The van der Waals surface area contributed by atoms with E-state index in [1.54, 1.807) is 27.7 Å². The molecule has 1 fully saturated rings. The second-order valence-electron chi connectivity index (χ2n) is 6.06. The van der Waals surface area contributed by atoms with Gasteiger partial charge in [0, 0.05) is 25.6 Å². The van der Waals surface area contributed by atoms with Gasteiger partial charge in [-0.1, -0.05) is 6.92 Å². The lowest BCUT2D eigenvalue weighted by Gasteiger charge is -2.28. The Hall–Kier alpha value is -1.30. The van der Waals surface area contributed by atoms with Crippen molar-refractivity contribution in [2.75, 3.05) is 19.7 Å². The van der Waals surface area contributed by atoms with Crippen LogP contribution in [0.3, 0.4) is 0 Å². The van der Waals surface area contributed by atoms with Gasteiger partial charge in [-0.3, -0.25) is 4.79 Å². The summed E-state index contributed by atoms with van der Waals surface area (Å²) in [5.41, 5.74) is -1.70. The number of carboxylic acids is 1. The van der Waals surface area contributed by atoms with E-state index in [0.717, 1.165) is 0 Å². The van der Waals surface area contributed by atoms with Crippen molar-refractivity contribution in [2.24, 2.45) is 11.3 Å². The molecule has 6 heteroatoms. The van der Waals surface area contributed by atoms with E-state index in [1.807, 2.05) is 0 Å². The first kappa shape index (κ1) is 15.8. The molecule has 2 N–H and O–H groups in total. The molecule has 0 bridgehead atoms. The van der Waals surface area contributed by atoms with Crippen LogP contribution >= 0.6 is 0 Å². The van der Waals surface area contributed by atoms with Gasteiger partial charge >= 0.3 is 12.1 Å². The van der Waals surface area contributed by atoms with Crippen molar-refractivity contribution in [2.45, 2.75) is 39.7 Å². The zero-order chi connectivity index (χ0) is 14.8. The smallest absolute Gasteiger partial charge is 0.410 e. The number of hydrogen-bond acceptors (Lipinski definition) is 4. The molecule has 0 aromatic carbocycles. The molecule has 0 spiro atoms. The lowest BCUT2D eigenvalue weighted by Crippen LogP contribution is -2.41. The van der Waals surface area contributed by atoms with Crippen LogP contribution < -0.4 is 0 Å². The van der Waals surface area contributed by atoms with E-state index in [2.05, 4.69) is 0 Å². The number of aliphatic hydroxyl groups is 1. The Balaban J connectivity index is 2.88. The van der Waals surface area contributed by atoms with Crippen LogP contribution in [0.25, 0.3) is 0 Å². The van der Waals surface area contributed by atoms with Gasteiger partial charge in [0.05, 0.1) is 5.41 Å². The van der Waals surface area contributed by atoms with Gasteiger partial charge in [0.15, 0.2) is 0 Å². The van der Waals surface area contributed by atoms with E-state index in [4.69, 9.17) is 4.74 Å². The van der Waals surface area contributed by atoms with Gasteiger partial charge < -0.3 is 19.8 Å². The number of amides is 1. The molecule has 0 unspecified atom stereocenters. The molecular formula is C13H23NO5. The third kappa shape index (κ3) is 3.18. The summed E-state index contributed by atoms with van der Waals surface area (Å²) in [6.07, 6.45) is -0.158. The number of aliphatic hydroxyl groups excluding tert-OH is 1. The molecule has 0 radical (unpaired) electrons. The molecule has 1 amide bonds. The van der Waals surface area contributed by atoms with Crippen molar-refractivity contribution >= 4 is 12.1 Å². The summed E-state index contributed by atoms with van der Waals surface area (Å²) in [7, 11) is 0. The number of rotatable bonds is 3. The molecule has 1 saturated heterocycles. The second-order valence-corrected chi connectivity index (χ2v) is 6.06. The summed E-state index contributed by atoms with van der Waals surface area (Å²) >= 11 is 0. The fraction of sp³-hybridized carbons (Fsp3) is 0.846. The number of carbonyl (C=O) groups excluding carboxylic acids is 1. The quantitative estimate of drug-likeness (QED) is 0.810. The molecule has 0 aliphatic carbocycles. The van der Waals surface area contributed by atoms with Crippen LogP contribution in [-0.2, 0) is 9.53 Å². The highest BCUT2D eigenvalue weighted by Crippen LogP contribution is 2.39. The van der Waals surface area contributed by atoms with Crippen molar-refractivity contribution in [1.82, 2.24) is 4.90 Å². The zero-order valence-corrected chi connectivity index (χ0v) is 12.0. The summed E-state index contributed by atoms with van der Waals surface area (Å²) in [4.78, 5) is 24.8. The number of ether oxygens (including phenoxy) is 1. The largest absolute Gasteiger partial charge is 0.481 e. The highest BCUT2D eigenvalue weighted by atomic mass is 16.6. The maximum atomic E-state index is 12.0. The number of nitrogens with zero attached hydrogens (tertiary/aromatic N) is 1. The van der Waals surface area contributed by atoms with Crippen molar-refractivity contribution < 1.29 is 24.5 Å². The molecule has 110 valence electrons. The van der Waals surface area contributed by atoms with Crippen LogP contribution in [0, 0.1) is 11.3 Å². The summed E-state index contributed by atoms with van der Waals surface area (Å²) in [5, 5.41) is 18.8. The lowest BCUT2D eigenvalue weighted by molar-refractivity contribution is -0.151. The summed E-state index contributed by atoms with van der Waals surface area (Å²) in [5.74, 6) is -1.43. The Morgan fingerprint density at radius 3 is 2.32 bits per heavy atom. The molecule has 1 heterocycles. The van der Waals surface area contributed by atoms with Gasteiger partial charge in [-0.2, -0.15) is 0 Å². The molecule has 0 saturated carbocycles. The normalized spacial score (nSPS) is 27.4. The molecule has 1 aliphatic heterocycles. The van der Waals surface area contributed by atoms with E-state index in [-0.39, 0.29) is 19.7 Å². The van der Waals surface area contributed by atoms with Crippen LogP contribution in [-0.4, -0.2) is 52.5 Å². The molecule has 0 aromatic rings. The van der Waals surface area contributed by atoms with E-state index in [1.165, 1.54) is 4.90 Å². The number of carbonyl (C=O) groups is 2. The molecule has 1 rings (SSSR count). The first-order valence-corrected chi connectivity index (χ1v) is 6.48. The maximum Gasteiger partial charge on any atom is 0.410 e. The fourth-order valence-corrected chi connectivity index (χ4v) is 2.47. The molecule has 2 atom stereocenters. The minimum absolute atomic E-state index is 0.0823. The maximum absolute atomic E-state index is 12.0. The number of likely N-dealkylation sites (tertiary alicyclic amines) is 1. The van der Waals surface area contributed by atoms with Crippen LogP contribution in [0.4, 0.5) is 4.79 Å². The van der Waals surface area contributed by atoms with Gasteiger partial charge in [-0.15, -0.1) is 0 Å². The minimum atomic E-state index is -1.08. The lowest BCUT2D eigenvalue weighted by atomic mass is 9.76. The highest BCUT2D eigenvalue weighted by Gasteiger charge is 2.52. The second kappa shape index (κ2) is 5.36. The third-order valence-electron chi connectivity index (χ3n) is 3.62. The van der Waals surface area contributed by atoms with Crippen LogP contribution in [0.1, 0.15) is 34.1 Å². The minimum Gasteiger partial charge on any atom is -0.481 e. The average Bonchev–Trinajstić information content (AvgIpc) is 2.66. The van der Waals surface area contributed by atoms with Crippen molar-refractivity contribution in [3.8, 4) is 0 Å². The van der Waals surface area contributed by atoms with Gasteiger partial charge in [-0.05, 0) is 27.2 Å². The molecule has 19 heavy (non-hydrogen) atoms. The third-order valence-corrected chi connectivity index (χ3v) is 3.62. The predicted octanol–water partition coefficient (Wildman–Crippen LogP) is 1.33. The van der Waals surface area contributed by atoms with Crippen LogP contribution in [0.2, 0.25) is 0 Å². The monoisotopic (exact) mass is 273 g/mol. The Morgan fingerprint density at radius 2 is 2.00 bits per heavy atom. The van der Waals surface area contributed by atoms with E-state index in [0.29, 0.717) is 6.42 Å². The van der Waals surface area contributed by atoms with Gasteiger partial charge in [-0.25, -0.2) is 4.79 Å². The van der Waals surface area contributed by atoms with Gasteiger partial charge in [0.1, 0.15) is 5.60 Å². The summed E-state index contributed by atoms with van der Waals surface area (Å²) < 4.78 is 5.24. The van der Waals surface area contributed by atoms with E-state index >= 15 is 0 Å². The van der Waals surface area contributed by atoms with Gasteiger partial charge in [0.2, 0.25) is 0 Å². The van der Waals surface area contributed by atoms with Crippen LogP contribution in [0.5, 0.6) is 0 Å². The van der Waals surface area contributed by atoms with Crippen molar-refractivity contribution in [1.29, 1.82) is 0 Å². The van der Waals surface area contributed by atoms with E-state index in [9.17, 15) is 19.8 Å².